The molecule has 0 saturated carbocycles. The van der Waals surface area contributed by atoms with Gasteiger partial charge in [0.1, 0.15) is 0 Å². The van der Waals surface area contributed by atoms with E-state index in [2.05, 4.69) is 159 Å². The zero-order valence-corrected chi connectivity index (χ0v) is 40.2. The zero-order chi connectivity index (χ0) is 33.1. The van der Waals surface area contributed by atoms with E-state index in [1.165, 1.54) is 28.6 Å². The monoisotopic (exact) mass is 743 g/mol. The first-order valence-electron chi connectivity index (χ1n) is 16.3. The third-order valence-corrected chi connectivity index (χ3v) is 22.8. The fraction of sp³-hybridized carbons (Fsp3) is 0.944. The maximum Gasteiger partial charge on any atom is 0.0470 e. The van der Waals surface area contributed by atoms with Crippen LogP contribution in [0.15, 0.2) is 11.1 Å². The molecule has 0 aromatic rings. The Kier molecular flexibility index (Phi) is 23.9. The van der Waals surface area contributed by atoms with Crippen molar-refractivity contribution in [2.24, 2.45) is 0 Å². The van der Waals surface area contributed by atoms with Crippen molar-refractivity contribution in [2.45, 2.75) is 218 Å². The first-order valence-corrected chi connectivity index (χ1v) is 24.4. The Hall–Kier alpha value is 1.48. The van der Waals surface area contributed by atoms with Gasteiger partial charge in [-0.05, 0) is 30.2 Å². The van der Waals surface area contributed by atoms with Gasteiger partial charge in [0.15, 0.2) is 0 Å². The summed E-state index contributed by atoms with van der Waals surface area (Å²) in [5, 5.41) is 5.88. The van der Waals surface area contributed by atoms with Crippen LogP contribution in [0, 0.1) is 0 Å². The number of hydrogen-bond acceptors (Lipinski definition) is 0. The maximum atomic E-state index is 2.40. The van der Waals surface area contributed by atoms with Crippen molar-refractivity contribution < 1.29 is 0 Å². The summed E-state index contributed by atoms with van der Waals surface area (Å²) in [6.45, 7) is 54.7. The van der Waals surface area contributed by atoms with Gasteiger partial charge in [-0.1, -0.05) is 164 Å². The summed E-state index contributed by atoms with van der Waals surface area (Å²) in [6.07, 6.45) is 0. The number of rotatable bonds is 3. The standard InChI is InChI=1S/2C12H27Si.C6H10Ge.C6H15Si.Ge/c2*1-10(2,3)13(11(4,5)6)12(7,8)9;1-5-3-7-4-6(5)2;1-4-7(5-2)6-3;/h2*1-9H3;3-4H2,1-2H3;4-6H2,1-3H3;. The van der Waals surface area contributed by atoms with Crippen molar-refractivity contribution in [3.63, 3.8) is 0 Å². The van der Waals surface area contributed by atoms with Crippen LogP contribution in [0.1, 0.15) is 159 Å². The fourth-order valence-electron chi connectivity index (χ4n) is 8.24. The minimum absolute atomic E-state index is 0. The maximum absolute atomic E-state index is 2.40. The summed E-state index contributed by atoms with van der Waals surface area (Å²) >= 11 is 0.477. The van der Waals surface area contributed by atoms with Crippen molar-refractivity contribution >= 4 is 59.4 Å². The minimum Gasteiger partial charge on any atom is -0.0680 e. The van der Waals surface area contributed by atoms with E-state index >= 15 is 0 Å². The van der Waals surface area contributed by atoms with E-state index in [0.717, 1.165) is 0 Å². The third-order valence-electron chi connectivity index (χ3n) is 7.51. The summed E-state index contributed by atoms with van der Waals surface area (Å²) in [5.74, 6) is 0. The number of hydrogen-bond donors (Lipinski definition) is 0. The number of allylic oxidation sites excluding steroid dienone is 2. The average molecular weight is 742 g/mol. The smallest absolute Gasteiger partial charge is 0.0470 e. The Balaban J connectivity index is -0.000000229. The quantitative estimate of drug-likeness (QED) is 0.200. The van der Waals surface area contributed by atoms with Crippen LogP contribution in [0.4, 0.5) is 0 Å². The Labute approximate surface area is 286 Å². The van der Waals surface area contributed by atoms with Gasteiger partial charge in [0, 0.05) is 26.4 Å². The van der Waals surface area contributed by atoms with Gasteiger partial charge in [0.2, 0.25) is 0 Å². The van der Waals surface area contributed by atoms with Crippen molar-refractivity contribution in [2.75, 3.05) is 0 Å². The van der Waals surface area contributed by atoms with Gasteiger partial charge < -0.3 is 0 Å². The van der Waals surface area contributed by atoms with Crippen LogP contribution in [0.2, 0.25) is 58.9 Å². The summed E-state index contributed by atoms with van der Waals surface area (Å²) < 4.78 is 0. The molecular formula is C36H79Ge2Si3. The Bertz CT molecular complexity index is 570. The molecule has 0 aromatic heterocycles. The molecule has 243 valence electrons. The van der Waals surface area contributed by atoms with E-state index in [-0.39, 0.29) is 26.4 Å². The van der Waals surface area contributed by atoms with E-state index in [1.54, 1.807) is 11.1 Å². The Morgan fingerprint density at radius 3 is 0.634 bits per heavy atom. The van der Waals surface area contributed by atoms with Gasteiger partial charge in [-0.2, -0.15) is 0 Å². The van der Waals surface area contributed by atoms with E-state index in [0.29, 0.717) is 45.7 Å². The normalized spacial score (nSPS) is 15.1. The zero-order valence-electron chi connectivity index (χ0n) is 33.0. The summed E-state index contributed by atoms with van der Waals surface area (Å²) in [5.41, 5.74) is 3.36. The van der Waals surface area contributed by atoms with Crippen LogP contribution in [0.5, 0.6) is 0 Å². The SMILES string of the molecule is CC(C)(C)[Si](C(C)(C)C)C(C)(C)C.CC(C)(C)[Si](C(C)(C)C)C(C)(C)C.CC1=C(C)[CH2][Ge][CH2]1.CC[Si](CC)CC.[Ge]. The molecule has 0 amide bonds. The first kappa shape index (κ1) is 49.4. The molecule has 0 bridgehead atoms. The van der Waals surface area contributed by atoms with Crippen LogP contribution in [0.3, 0.4) is 0 Å². The second-order valence-electron chi connectivity index (χ2n) is 18.2. The van der Waals surface area contributed by atoms with Gasteiger partial charge >= 0.3 is 50.9 Å². The molecule has 1 aliphatic rings. The second-order valence-corrected chi connectivity index (χ2v) is 34.9. The predicted octanol–water partition coefficient (Wildman–Crippen LogP) is 13.8. The van der Waals surface area contributed by atoms with Gasteiger partial charge in [-0.3, -0.25) is 0 Å². The van der Waals surface area contributed by atoms with Crippen LogP contribution in [0.25, 0.3) is 0 Å². The largest absolute Gasteiger partial charge is 0.0680 e. The summed E-state index contributed by atoms with van der Waals surface area (Å²) in [4.78, 5) is 0. The van der Waals surface area contributed by atoms with Crippen LogP contribution >= 0.6 is 0 Å². The molecule has 0 fully saturated rings. The predicted molar refractivity (Wildman–Crippen MR) is 206 cm³/mol. The molecule has 9 radical (unpaired) electrons. The van der Waals surface area contributed by atoms with Gasteiger partial charge in [0.05, 0.1) is 17.6 Å². The first-order chi connectivity index (χ1) is 17.4. The topological polar surface area (TPSA) is 0 Å². The van der Waals surface area contributed by atoms with Crippen LogP contribution in [-0.2, 0) is 0 Å². The van der Waals surface area contributed by atoms with E-state index in [4.69, 9.17) is 0 Å². The van der Waals surface area contributed by atoms with E-state index in [1.807, 2.05) is 0 Å². The van der Waals surface area contributed by atoms with Gasteiger partial charge in [-0.15, -0.1) is 0 Å². The molecule has 0 saturated heterocycles. The minimum atomic E-state index is -0.391. The van der Waals surface area contributed by atoms with Crippen molar-refractivity contribution in [3.05, 3.63) is 11.1 Å². The molecule has 1 heterocycles. The molecule has 0 N–H and O–H groups in total. The van der Waals surface area contributed by atoms with Crippen molar-refractivity contribution in [1.29, 1.82) is 0 Å². The molecule has 1 aliphatic heterocycles. The fourth-order valence-corrected chi connectivity index (χ4v) is 26.3. The third kappa shape index (κ3) is 22.6. The van der Waals surface area contributed by atoms with Crippen LogP contribution in [-0.4, -0.2) is 59.4 Å². The van der Waals surface area contributed by atoms with Gasteiger partial charge in [0.25, 0.3) is 0 Å². The molecular weight excluding hydrogens is 662 g/mol. The average Bonchev–Trinajstić information content (AvgIpc) is 2.99. The van der Waals surface area contributed by atoms with E-state index < -0.39 is 17.6 Å². The molecule has 0 aliphatic carbocycles. The van der Waals surface area contributed by atoms with Crippen molar-refractivity contribution in [3.8, 4) is 0 Å². The summed E-state index contributed by atoms with van der Waals surface area (Å²) in [7, 11) is -0.645. The Morgan fingerprint density at radius 2 is 0.610 bits per heavy atom. The Morgan fingerprint density at radius 1 is 0.439 bits per heavy atom. The second kappa shape index (κ2) is 19.9. The molecule has 0 nitrogen and oxygen atoms in total. The van der Waals surface area contributed by atoms with Crippen molar-refractivity contribution in [1.82, 2.24) is 0 Å². The molecule has 5 heteroatoms. The molecule has 1 rings (SSSR count). The molecule has 41 heavy (non-hydrogen) atoms. The molecule has 0 atom stereocenters. The molecule has 0 aromatic carbocycles. The molecule has 0 unspecified atom stereocenters. The van der Waals surface area contributed by atoms with Crippen LogP contribution < -0.4 is 0 Å². The summed E-state index contributed by atoms with van der Waals surface area (Å²) in [6, 6.07) is 4.37. The van der Waals surface area contributed by atoms with Gasteiger partial charge in [-0.25, -0.2) is 0 Å². The molecule has 0 spiro atoms. The van der Waals surface area contributed by atoms with E-state index in [9.17, 15) is 0 Å².